The number of H-pyrrole nitrogens is 1. The van der Waals surface area contributed by atoms with Gasteiger partial charge in [0.25, 0.3) is 5.56 Å². The third-order valence-electron chi connectivity index (χ3n) is 5.19. The highest BCUT2D eigenvalue weighted by Crippen LogP contribution is 2.34. The number of carbonyl (C=O) groups excluding carboxylic acids is 1. The second kappa shape index (κ2) is 7.92. The van der Waals surface area contributed by atoms with E-state index in [1.807, 2.05) is 0 Å². The summed E-state index contributed by atoms with van der Waals surface area (Å²) in [5, 5.41) is 3.23. The molecule has 0 saturated carbocycles. The maximum Gasteiger partial charge on any atom is 0.322 e. The minimum Gasteiger partial charge on any atom is -0.324 e. The van der Waals surface area contributed by atoms with Crippen molar-refractivity contribution in [2.24, 2.45) is 0 Å². The fourth-order valence-electron chi connectivity index (χ4n) is 3.68. The maximum atomic E-state index is 13.7. The van der Waals surface area contributed by atoms with Gasteiger partial charge in [-0.15, -0.1) is 0 Å². The van der Waals surface area contributed by atoms with E-state index in [-0.39, 0.29) is 28.3 Å². The van der Waals surface area contributed by atoms with E-state index < -0.39 is 40.1 Å². The zero-order valence-corrected chi connectivity index (χ0v) is 17.1. The van der Waals surface area contributed by atoms with E-state index in [1.54, 1.807) is 0 Å². The number of carbonyl (C=O) groups is 1. The number of halogens is 2. The molecule has 2 atom stereocenters. The summed E-state index contributed by atoms with van der Waals surface area (Å²) in [6.45, 7) is 6.99. The van der Waals surface area contributed by atoms with E-state index in [9.17, 15) is 22.6 Å². The molecule has 0 spiro atoms. The van der Waals surface area contributed by atoms with Crippen LogP contribution in [0.15, 0.2) is 41.2 Å². The van der Waals surface area contributed by atoms with Crippen molar-refractivity contribution in [2.45, 2.75) is 11.8 Å². The minimum atomic E-state index is -1.33. The topological polar surface area (TPSA) is 86.6 Å². The molecule has 10 heteroatoms. The van der Waals surface area contributed by atoms with Crippen LogP contribution >= 0.6 is 0 Å². The van der Waals surface area contributed by atoms with Gasteiger partial charge in [-0.3, -0.25) is 9.00 Å². The molecular formula is C21H16F2N4O3S. The summed E-state index contributed by atoms with van der Waals surface area (Å²) in [7, 11) is 0.172. The number of nitrogens with zero attached hydrogens (tertiary/aromatic N) is 2. The molecule has 1 aliphatic rings. The van der Waals surface area contributed by atoms with Gasteiger partial charge >= 0.3 is 6.03 Å². The van der Waals surface area contributed by atoms with Crippen LogP contribution in [0.4, 0.5) is 25.0 Å². The standard InChI is InChI=1S/C21H16F2N4O3S/c1-24-16-8-12(4-6-15(16)23)25-21(29)27(2)18-10-31(30)9-17-19(18)13-5-3-11(22)7-14(13)20(28)26-17/h3-8,18H,9-10H2,2H3,(H,25,29)(H,26,28). The predicted octanol–water partition coefficient (Wildman–Crippen LogP) is 3.82. The molecule has 4 rings (SSSR count). The molecule has 0 bridgehead atoms. The molecule has 2 N–H and O–H groups in total. The number of amides is 2. The van der Waals surface area contributed by atoms with Crippen molar-refractivity contribution in [1.29, 1.82) is 0 Å². The number of anilines is 1. The van der Waals surface area contributed by atoms with E-state index in [2.05, 4.69) is 15.1 Å². The summed E-state index contributed by atoms with van der Waals surface area (Å²) in [6, 6.07) is 6.24. The first kappa shape index (κ1) is 20.7. The number of hydrogen-bond donors (Lipinski definition) is 2. The zero-order chi connectivity index (χ0) is 22.3. The molecule has 1 aromatic heterocycles. The number of fused-ring (bicyclic) bond motifs is 3. The Morgan fingerprint density at radius 2 is 2.03 bits per heavy atom. The van der Waals surface area contributed by atoms with Crippen LogP contribution < -0.4 is 10.9 Å². The monoisotopic (exact) mass is 442 g/mol. The molecule has 0 fully saturated rings. The van der Waals surface area contributed by atoms with Crippen molar-refractivity contribution in [2.75, 3.05) is 18.1 Å². The van der Waals surface area contributed by atoms with Gasteiger partial charge in [-0.2, -0.15) is 0 Å². The molecule has 0 radical (unpaired) electrons. The van der Waals surface area contributed by atoms with E-state index in [0.717, 1.165) is 12.1 Å². The maximum absolute atomic E-state index is 13.7. The lowest BCUT2D eigenvalue weighted by atomic mass is 9.97. The SMILES string of the molecule is [C-]#[N+]c1cc(NC(=O)N(C)C2CS(=O)Cc3[nH]c(=O)c4cc(F)ccc4c32)ccc1F. The van der Waals surface area contributed by atoms with Crippen molar-refractivity contribution >= 4 is 39.0 Å². The van der Waals surface area contributed by atoms with Crippen molar-refractivity contribution in [3.05, 3.63) is 81.1 Å². The van der Waals surface area contributed by atoms with Crippen molar-refractivity contribution < 1.29 is 17.8 Å². The predicted molar refractivity (Wildman–Crippen MR) is 113 cm³/mol. The number of urea groups is 1. The second-order valence-electron chi connectivity index (χ2n) is 7.12. The van der Waals surface area contributed by atoms with Crippen molar-refractivity contribution in [3.63, 3.8) is 0 Å². The molecule has 2 amide bonds. The van der Waals surface area contributed by atoms with Crippen LogP contribution in [-0.4, -0.2) is 32.9 Å². The van der Waals surface area contributed by atoms with Gasteiger partial charge in [0.15, 0.2) is 0 Å². The number of pyridine rings is 1. The molecule has 2 heterocycles. The molecule has 0 saturated heterocycles. The van der Waals surface area contributed by atoms with Crippen LogP contribution in [0.2, 0.25) is 0 Å². The smallest absolute Gasteiger partial charge is 0.322 e. The third-order valence-corrected chi connectivity index (χ3v) is 6.49. The summed E-state index contributed by atoms with van der Waals surface area (Å²) in [6.07, 6.45) is 0. The highest BCUT2D eigenvalue weighted by molar-refractivity contribution is 7.84. The first-order chi connectivity index (χ1) is 14.8. The van der Waals surface area contributed by atoms with Gasteiger partial charge in [-0.05, 0) is 35.7 Å². The first-order valence-electron chi connectivity index (χ1n) is 9.18. The van der Waals surface area contributed by atoms with Crippen molar-refractivity contribution in [3.8, 4) is 0 Å². The number of benzene rings is 2. The first-order valence-corrected chi connectivity index (χ1v) is 10.7. The Balaban J connectivity index is 1.73. The average Bonchev–Trinajstić information content (AvgIpc) is 2.74. The lowest BCUT2D eigenvalue weighted by Crippen LogP contribution is -2.40. The van der Waals surface area contributed by atoms with E-state index in [1.165, 1.54) is 36.2 Å². The normalized spacial score (nSPS) is 17.6. The van der Waals surface area contributed by atoms with Crippen LogP contribution in [0.1, 0.15) is 17.3 Å². The average molecular weight is 442 g/mol. The van der Waals surface area contributed by atoms with Gasteiger partial charge in [0.2, 0.25) is 5.69 Å². The summed E-state index contributed by atoms with van der Waals surface area (Å²) < 4.78 is 39.7. The largest absolute Gasteiger partial charge is 0.324 e. The quantitative estimate of drug-likeness (QED) is 0.592. The van der Waals surface area contributed by atoms with E-state index in [0.29, 0.717) is 16.6 Å². The molecule has 2 unspecified atom stereocenters. The van der Waals surface area contributed by atoms with Gasteiger partial charge in [-0.25, -0.2) is 18.4 Å². The Morgan fingerprint density at radius 3 is 2.77 bits per heavy atom. The summed E-state index contributed by atoms with van der Waals surface area (Å²) in [5.41, 5.74) is 0.559. The molecule has 2 aromatic carbocycles. The van der Waals surface area contributed by atoms with Crippen LogP contribution in [0.25, 0.3) is 15.6 Å². The van der Waals surface area contributed by atoms with Gasteiger partial charge in [0.1, 0.15) is 11.6 Å². The molecule has 1 aliphatic heterocycles. The van der Waals surface area contributed by atoms with Gasteiger partial charge in [0.05, 0.1) is 23.8 Å². The molecule has 31 heavy (non-hydrogen) atoms. The van der Waals surface area contributed by atoms with Gasteiger partial charge < -0.3 is 15.2 Å². The Kier molecular flexibility index (Phi) is 5.29. The Bertz CT molecular complexity index is 1350. The highest BCUT2D eigenvalue weighted by atomic mass is 32.2. The zero-order valence-electron chi connectivity index (χ0n) is 16.2. The van der Waals surface area contributed by atoms with Gasteiger partial charge in [-0.1, -0.05) is 6.07 Å². The number of rotatable bonds is 2. The third kappa shape index (κ3) is 3.80. The molecule has 0 aliphatic carbocycles. The minimum absolute atomic E-state index is 0.121. The number of hydrogen-bond acceptors (Lipinski definition) is 3. The van der Waals surface area contributed by atoms with Crippen molar-refractivity contribution in [1.82, 2.24) is 9.88 Å². The summed E-state index contributed by atoms with van der Waals surface area (Å²) >= 11 is 0. The number of aromatic amines is 1. The van der Waals surface area contributed by atoms with E-state index in [4.69, 9.17) is 6.57 Å². The molecule has 158 valence electrons. The van der Waals surface area contributed by atoms with E-state index >= 15 is 0 Å². The van der Waals surface area contributed by atoms with Crippen LogP contribution in [0.3, 0.4) is 0 Å². The highest BCUT2D eigenvalue weighted by Gasteiger charge is 2.33. The number of nitrogens with one attached hydrogen (secondary N) is 2. The Labute approximate surface area is 178 Å². The molecular weight excluding hydrogens is 426 g/mol. The summed E-state index contributed by atoms with van der Waals surface area (Å²) in [5.74, 6) is -1.00. The van der Waals surface area contributed by atoms with Crippen LogP contribution in [0, 0.1) is 18.2 Å². The fraction of sp³-hybridized carbons (Fsp3) is 0.190. The fourth-order valence-corrected chi connectivity index (χ4v) is 5.09. The second-order valence-corrected chi connectivity index (χ2v) is 8.62. The number of aromatic nitrogens is 1. The summed E-state index contributed by atoms with van der Waals surface area (Å²) in [4.78, 5) is 32.3. The lowest BCUT2D eigenvalue weighted by molar-refractivity contribution is 0.209. The Morgan fingerprint density at radius 1 is 1.26 bits per heavy atom. The van der Waals surface area contributed by atoms with Crippen LogP contribution in [0.5, 0.6) is 0 Å². The Hall–Kier alpha value is -3.58. The molecule has 7 nitrogen and oxygen atoms in total. The van der Waals surface area contributed by atoms with Crippen LogP contribution in [-0.2, 0) is 16.6 Å². The lowest BCUT2D eigenvalue weighted by Gasteiger charge is -2.33. The molecule has 3 aromatic rings. The van der Waals surface area contributed by atoms with Gasteiger partial charge in [0, 0.05) is 40.5 Å².